The third-order valence-electron chi connectivity index (χ3n) is 6.19. The first-order valence-corrected chi connectivity index (χ1v) is 11.1. The number of hydrogen-bond acceptors (Lipinski definition) is 4. The number of ether oxygens (including phenoxy) is 1. The number of hydrogen-bond donors (Lipinski definition) is 2. The number of aliphatic hydroxyl groups excluding tert-OH is 1. The summed E-state index contributed by atoms with van der Waals surface area (Å²) >= 11 is 0. The first-order valence-electron chi connectivity index (χ1n) is 11.1. The van der Waals surface area contributed by atoms with E-state index in [4.69, 9.17) is 4.74 Å². The molecule has 0 bridgehead atoms. The quantitative estimate of drug-likeness (QED) is 0.704. The van der Waals surface area contributed by atoms with Crippen LogP contribution in [-0.2, 0) is 4.79 Å². The van der Waals surface area contributed by atoms with Gasteiger partial charge in [0.15, 0.2) is 0 Å². The van der Waals surface area contributed by atoms with Crippen molar-refractivity contribution in [2.45, 2.75) is 37.9 Å². The lowest BCUT2D eigenvalue weighted by molar-refractivity contribution is -0.159. The first-order chi connectivity index (χ1) is 15.9. The summed E-state index contributed by atoms with van der Waals surface area (Å²) in [6, 6.07) is 14.8. The summed E-state index contributed by atoms with van der Waals surface area (Å²) < 4.78 is 5.17. The van der Waals surface area contributed by atoms with Gasteiger partial charge in [0, 0.05) is 29.6 Å². The SMILES string of the molecule is COc1ccc(C#Cc2ccc([C@@H]3[C@H](CO)N4C(=O)CN(C(=O)NC(C)C)C[C@@H]34)cc2)cc1. The van der Waals surface area contributed by atoms with Crippen LogP contribution >= 0.6 is 0 Å². The Labute approximate surface area is 194 Å². The largest absolute Gasteiger partial charge is 0.497 e. The Balaban J connectivity index is 1.49. The van der Waals surface area contributed by atoms with Crippen molar-refractivity contribution in [3.8, 4) is 17.6 Å². The normalized spacial score (nSPS) is 21.6. The molecule has 0 unspecified atom stereocenters. The maximum atomic E-state index is 12.7. The van der Waals surface area contributed by atoms with Crippen molar-refractivity contribution < 1.29 is 19.4 Å². The maximum absolute atomic E-state index is 12.7. The Bertz CT molecular complexity index is 1070. The van der Waals surface area contributed by atoms with Gasteiger partial charge in [0.25, 0.3) is 0 Å². The monoisotopic (exact) mass is 447 g/mol. The number of carbonyl (C=O) groups is 2. The molecule has 2 aromatic carbocycles. The molecule has 172 valence electrons. The lowest BCUT2D eigenvalue weighted by Gasteiger charge is -2.58. The molecule has 0 radical (unpaired) electrons. The van der Waals surface area contributed by atoms with Crippen molar-refractivity contribution in [3.05, 3.63) is 65.2 Å². The van der Waals surface area contributed by atoms with Crippen LogP contribution in [0.1, 0.15) is 36.5 Å². The Hall–Kier alpha value is -3.50. The topological polar surface area (TPSA) is 82.1 Å². The zero-order valence-electron chi connectivity index (χ0n) is 19.1. The smallest absolute Gasteiger partial charge is 0.318 e. The Morgan fingerprint density at radius 1 is 1.12 bits per heavy atom. The fraction of sp³-hybridized carbons (Fsp3) is 0.385. The number of carbonyl (C=O) groups excluding carboxylic acids is 2. The van der Waals surface area contributed by atoms with E-state index in [1.807, 2.05) is 62.4 Å². The van der Waals surface area contributed by atoms with Crippen LogP contribution in [0.2, 0.25) is 0 Å². The number of piperazine rings is 1. The van der Waals surface area contributed by atoms with Crippen LogP contribution in [0, 0.1) is 11.8 Å². The molecule has 33 heavy (non-hydrogen) atoms. The summed E-state index contributed by atoms with van der Waals surface area (Å²) in [6.07, 6.45) is 0. The number of methoxy groups -OCH3 is 1. The van der Waals surface area contributed by atoms with Gasteiger partial charge in [-0.1, -0.05) is 24.0 Å². The Morgan fingerprint density at radius 2 is 1.73 bits per heavy atom. The number of fused-ring (bicyclic) bond motifs is 1. The number of aliphatic hydroxyl groups is 1. The van der Waals surface area contributed by atoms with Gasteiger partial charge in [-0.25, -0.2) is 4.79 Å². The molecule has 0 aliphatic carbocycles. The number of rotatable bonds is 4. The highest BCUT2D eigenvalue weighted by atomic mass is 16.5. The predicted octanol–water partition coefficient (Wildman–Crippen LogP) is 2.18. The van der Waals surface area contributed by atoms with Crippen LogP contribution in [0.5, 0.6) is 5.75 Å². The van der Waals surface area contributed by atoms with Crippen LogP contribution in [0.25, 0.3) is 0 Å². The van der Waals surface area contributed by atoms with Gasteiger partial charge >= 0.3 is 6.03 Å². The van der Waals surface area contributed by atoms with E-state index in [0.29, 0.717) is 6.54 Å². The van der Waals surface area contributed by atoms with E-state index in [0.717, 1.165) is 22.4 Å². The molecule has 4 rings (SSSR count). The predicted molar refractivity (Wildman–Crippen MR) is 125 cm³/mol. The molecule has 2 saturated heterocycles. The van der Waals surface area contributed by atoms with Gasteiger partial charge in [-0.05, 0) is 55.8 Å². The van der Waals surface area contributed by atoms with Crippen LogP contribution in [-0.4, -0.2) is 71.8 Å². The van der Waals surface area contributed by atoms with Crippen molar-refractivity contribution in [3.63, 3.8) is 0 Å². The minimum absolute atomic E-state index is 0.000391. The third kappa shape index (κ3) is 4.67. The van der Waals surface area contributed by atoms with E-state index in [1.54, 1.807) is 16.9 Å². The van der Waals surface area contributed by atoms with E-state index in [1.165, 1.54) is 0 Å². The molecule has 0 spiro atoms. The molecule has 3 amide bonds. The van der Waals surface area contributed by atoms with Gasteiger partial charge in [-0.2, -0.15) is 0 Å². The lowest BCUT2D eigenvalue weighted by atomic mass is 9.73. The number of amides is 3. The van der Waals surface area contributed by atoms with Gasteiger partial charge < -0.3 is 25.0 Å². The second-order valence-electron chi connectivity index (χ2n) is 8.73. The fourth-order valence-electron chi connectivity index (χ4n) is 4.60. The summed E-state index contributed by atoms with van der Waals surface area (Å²) in [5, 5.41) is 12.8. The average molecular weight is 448 g/mol. The van der Waals surface area contributed by atoms with Gasteiger partial charge in [0.2, 0.25) is 5.91 Å². The molecule has 7 nitrogen and oxygen atoms in total. The standard InChI is InChI=1S/C26H29N3O4/c1-17(2)27-26(32)28-14-22-25(23(16-30)29(22)24(31)15-28)20-10-6-18(7-11-20)4-5-19-8-12-21(33-3)13-9-19/h6-13,17,22-23,25,30H,14-16H2,1-3H3,(H,27,32)/t22-,23-,25-/m0/s1. The van der Waals surface area contributed by atoms with E-state index in [2.05, 4.69) is 17.2 Å². The molecule has 2 aromatic rings. The van der Waals surface area contributed by atoms with Crippen LogP contribution in [0.4, 0.5) is 4.79 Å². The lowest BCUT2D eigenvalue weighted by Crippen LogP contribution is -2.74. The van der Waals surface area contributed by atoms with Crippen molar-refractivity contribution in [1.29, 1.82) is 0 Å². The summed E-state index contributed by atoms with van der Waals surface area (Å²) in [7, 11) is 1.63. The van der Waals surface area contributed by atoms with Crippen LogP contribution < -0.4 is 10.1 Å². The van der Waals surface area contributed by atoms with Gasteiger partial charge in [0.05, 0.1) is 25.8 Å². The van der Waals surface area contributed by atoms with Crippen LogP contribution in [0.15, 0.2) is 48.5 Å². The van der Waals surface area contributed by atoms with Gasteiger partial charge in [-0.15, -0.1) is 0 Å². The molecule has 3 atom stereocenters. The van der Waals surface area contributed by atoms with Crippen molar-refractivity contribution in [2.75, 3.05) is 26.8 Å². The molecular formula is C26H29N3O4. The first kappa shape index (κ1) is 22.7. The highest BCUT2D eigenvalue weighted by molar-refractivity contribution is 5.87. The molecule has 2 N–H and O–H groups in total. The summed E-state index contributed by atoms with van der Waals surface area (Å²) in [4.78, 5) is 28.5. The van der Waals surface area contributed by atoms with E-state index >= 15 is 0 Å². The van der Waals surface area contributed by atoms with Crippen LogP contribution in [0.3, 0.4) is 0 Å². The van der Waals surface area contributed by atoms with E-state index in [-0.39, 0.29) is 49.1 Å². The third-order valence-corrected chi connectivity index (χ3v) is 6.19. The number of nitrogens with one attached hydrogen (secondary N) is 1. The zero-order valence-corrected chi connectivity index (χ0v) is 19.1. The molecule has 0 aromatic heterocycles. The van der Waals surface area contributed by atoms with Gasteiger partial charge in [0.1, 0.15) is 12.3 Å². The summed E-state index contributed by atoms with van der Waals surface area (Å²) in [5.74, 6) is 6.95. The molecule has 0 saturated carbocycles. The van der Waals surface area contributed by atoms with E-state index < -0.39 is 0 Å². The Kier molecular flexibility index (Phi) is 6.57. The highest BCUT2D eigenvalue weighted by Gasteiger charge is 2.54. The molecule has 2 aliphatic rings. The zero-order chi connectivity index (χ0) is 23.5. The fourth-order valence-corrected chi connectivity index (χ4v) is 4.60. The van der Waals surface area contributed by atoms with E-state index in [9.17, 15) is 14.7 Å². The minimum atomic E-state index is -0.269. The number of urea groups is 1. The van der Waals surface area contributed by atoms with Gasteiger partial charge in [-0.3, -0.25) is 4.79 Å². The highest BCUT2D eigenvalue weighted by Crippen LogP contribution is 2.42. The molecule has 2 fully saturated rings. The van der Waals surface area contributed by atoms with Crippen molar-refractivity contribution in [2.24, 2.45) is 0 Å². The maximum Gasteiger partial charge on any atom is 0.318 e. The number of nitrogens with zero attached hydrogens (tertiary/aromatic N) is 2. The molecule has 2 aliphatic heterocycles. The molecular weight excluding hydrogens is 418 g/mol. The second kappa shape index (κ2) is 9.55. The average Bonchev–Trinajstić information content (AvgIpc) is 2.79. The number of benzene rings is 2. The minimum Gasteiger partial charge on any atom is -0.497 e. The molecule has 7 heteroatoms. The van der Waals surface area contributed by atoms with Crippen molar-refractivity contribution in [1.82, 2.24) is 15.1 Å². The molecule has 2 heterocycles. The summed E-state index contributed by atoms with van der Waals surface area (Å²) in [5.41, 5.74) is 2.81. The summed E-state index contributed by atoms with van der Waals surface area (Å²) in [6.45, 7) is 4.17. The van der Waals surface area contributed by atoms with Crippen molar-refractivity contribution >= 4 is 11.9 Å². The second-order valence-corrected chi connectivity index (χ2v) is 8.73. The Morgan fingerprint density at radius 3 is 2.27 bits per heavy atom.